The molecular weight excluding hydrogens is 284 g/mol. The van der Waals surface area contributed by atoms with Crippen LogP contribution in [0.15, 0.2) is 24.3 Å². The first-order valence-corrected chi connectivity index (χ1v) is 7.95. The van der Waals surface area contributed by atoms with E-state index in [4.69, 9.17) is 0 Å². The molecule has 0 unspecified atom stereocenters. The maximum atomic E-state index is 11.6. The number of amides is 2. The van der Waals surface area contributed by atoms with Crippen LogP contribution in [0.5, 0.6) is 0 Å². The molecular formula is C15H18N4OS. The van der Waals surface area contributed by atoms with Crippen molar-refractivity contribution < 1.29 is 4.79 Å². The quantitative estimate of drug-likeness (QED) is 0.906. The summed E-state index contributed by atoms with van der Waals surface area (Å²) in [7, 11) is 0. The highest BCUT2D eigenvalue weighted by molar-refractivity contribution is 7.18. The molecule has 1 aromatic carbocycles. The maximum Gasteiger partial charge on any atom is 0.321 e. The lowest BCUT2D eigenvalue weighted by Gasteiger charge is -2.04. The summed E-state index contributed by atoms with van der Waals surface area (Å²) in [5, 5.41) is 15.1. The van der Waals surface area contributed by atoms with E-state index in [1.165, 1.54) is 16.9 Å². The van der Waals surface area contributed by atoms with Crippen LogP contribution in [0.1, 0.15) is 38.2 Å². The normalized spacial score (nSPS) is 14.2. The summed E-state index contributed by atoms with van der Waals surface area (Å²) in [5.41, 5.74) is 2.32. The first-order valence-electron chi connectivity index (χ1n) is 7.13. The third-order valence-electron chi connectivity index (χ3n) is 3.38. The van der Waals surface area contributed by atoms with Crippen molar-refractivity contribution in [1.82, 2.24) is 15.5 Å². The highest BCUT2D eigenvalue weighted by atomic mass is 32.1. The minimum absolute atomic E-state index is 0.199. The standard InChI is InChI=1S/C15H18N4OS/c1-9(2)10-3-5-11(6-4-10)13-18-19-15(21-13)17-14(20)16-12-7-8-12/h3-6,9,12H,7-8H2,1-2H3,(H2,16,17,19,20). The largest absolute Gasteiger partial charge is 0.335 e. The van der Waals surface area contributed by atoms with Gasteiger partial charge in [-0.15, -0.1) is 10.2 Å². The summed E-state index contributed by atoms with van der Waals surface area (Å²) in [6.45, 7) is 4.33. The number of benzene rings is 1. The van der Waals surface area contributed by atoms with Crippen LogP contribution >= 0.6 is 11.3 Å². The number of carbonyl (C=O) groups excluding carboxylic acids is 1. The van der Waals surface area contributed by atoms with Crippen LogP contribution in [0.25, 0.3) is 10.6 Å². The van der Waals surface area contributed by atoms with Crippen molar-refractivity contribution in [3.63, 3.8) is 0 Å². The first-order chi connectivity index (χ1) is 10.1. The van der Waals surface area contributed by atoms with Crippen molar-refractivity contribution in [2.75, 3.05) is 5.32 Å². The van der Waals surface area contributed by atoms with Gasteiger partial charge in [0, 0.05) is 11.6 Å². The Morgan fingerprint density at radius 1 is 1.24 bits per heavy atom. The van der Waals surface area contributed by atoms with Gasteiger partial charge in [-0.1, -0.05) is 49.4 Å². The molecule has 0 radical (unpaired) electrons. The minimum Gasteiger partial charge on any atom is -0.335 e. The van der Waals surface area contributed by atoms with Crippen molar-refractivity contribution in [3.05, 3.63) is 29.8 Å². The van der Waals surface area contributed by atoms with Crippen molar-refractivity contribution in [1.29, 1.82) is 0 Å². The van der Waals surface area contributed by atoms with Gasteiger partial charge in [-0.05, 0) is 24.3 Å². The molecule has 1 aliphatic carbocycles. The van der Waals surface area contributed by atoms with Crippen LogP contribution in [-0.4, -0.2) is 22.3 Å². The molecule has 0 bridgehead atoms. The second-order valence-corrected chi connectivity index (χ2v) is 6.54. The molecule has 0 aliphatic heterocycles. The van der Waals surface area contributed by atoms with Gasteiger partial charge in [0.15, 0.2) is 0 Å². The van der Waals surface area contributed by atoms with E-state index in [1.807, 2.05) is 12.1 Å². The number of urea groups is 1. The zero-order valence-corrected chi connectivity index (χ0v) is 12.9. The Kier molecular flexibility index (Phi) is 3.88. The monoisotopic (exact) mass is 302 g/mol. The molecule has 1 fully saturated rings. The van der Waals surface area contributed by atoms with E-state index in [0.29, 0.717) is 17.1 Å². The number of rotatable bonds is 4. The molecule has 2 N–H and O–H groups in total. The van der Waals surface area contributed by atoms with E-state index in [0.717, 1.165) is 23.4 Å². The summed E-state index contributed by atoms with van der Waals surface area (Å²) in [6, 6.07) is 8.44. The highest BCUT2D eigenvalue weighted by Gasteiger charge is 2.23. The lowest BCUT2D eigenvalue weighted by atomic mass is 10.0. The lowest BCUT2D eigenvalue weighted by Crippen LogP contribution is -2.30. The van der Waals surface area contributed by atoms with E-state index in [1.54, 1.807) is 0 Å². The Labute approximate surface area is 127 Å². The molecule has 110 valence electrons. The van der Waals surface area contributed by atoms with Gasteiger partial charge >= 0.3 is 6.03 Å². The van der Waals surface area contributed by atoms with Crippen molar-refractivity contribution in [2.45, 2.75) is 38.6 Å². The van der Waals surface area contributed by atoms with Gasteiger partial charge in [0.1, 0.15) is 5.01 Å². The summed E-state index contributed by atoms with van der Waals surface area (Å²) in [6.07, 6.45) is 2.13. The molecule has 0 spiro atoms. The molecule has 1 heterocycles. The summed E-state index contributed by atoms with van der Waals surface area (Å²) < 4.78 is 0. The summed E-state index contributed by atoms with van der Waals surface area (Å²) in [4.78, 5) is 11.6. The number of hydrogen-bond donors (Lipinski definition) is 2. The van der Waals surface area contributed by atoms with Gasteiger partial charge in [0.25, 0.3) is 0 Å². The second kappa shape index (κ2) is 5.81. The van der Waals surface area contributed by atoms with Gasteiger partial charge in [0.05, 0.1) is 0 Å². The number of nitrogens with zero attached hydrogens (tertiary/aromatic N) is 2. The fourth-order valence-electron chi connectivity index (χ4n) is 1.95. The molecule has 5 nitrogen and oxygen atoms in total. The van der Waals surface area contributed by atoms with Gasteiger partial charge in [-0.25, -0.2) is 4.79 Å². The summed E-state index contributed by atoms with van der Waals surface area (Å²) >= 11 is 1.38. The van der Waals surface area contributed by atoms with Gasteiger partial charge < -0.3 is 5.32 Å². The van der Waals surface area contributed by atoms with Crippen LogP contribution in [0.3, 0.4) is 0 Å². The van der Waals surface area contributed by atoms with Crippen LogP contribution in [-0.2, 0) is 0 Å². The molecule has 0 atom stereocenters. The first kappa shape index (κ1) is 14.0. The topological polar surface area (TPSA) is 66.9 Å². The SMILES string of the molecule is CC(C)c1ccc(-c2nnc(NC(=O)NC3CC3)s2)cc1. The molecule has 21 heavy (non-hydrogen) atoms. The molecule has 3 rings (SSSR count). The number of aromatic nitrogens is 2. The number of carbonyl (C=O) groups is 1. The van der Waals surface area contributed by atoms with Crippen LogP contribution < -0.4 is 10.6 Å². The minimum atomic E-state index is -0.199. The van der Waals surface area contributed by atoms with Gasteiger partial charge in [0.2, 0.25) is 5.13 Å². The summed E-state index contributed by atoms with van der Waals surface area (Å²) in [5.74, 6) is 0.511. The van der Waals surface area contributed by atoms with Gasteiger partial charge in [-0.3, -0.25) is 5.32 Å². The van der Waals surface area contributed by atoms with Crippen LogP contribution in [0.4, 0.5) is 9.93 Å². The molecule has 0 saturated heterocycles. The van der Waals surface area contributed by atoms with E-state index in [2.05, 4.69) is 46.8 Å². The molecule has 1 aromatic heterocycles. The van der Waals surface area contributed by atoms with Crippen molar-refractivity contribution in [2.24, 2.45) is 0 Å². The zero-order valence-electron chi connectivity index (χ0n) is 12.1. The average molecular weight is 302 g/mol. The number of nitrogens with one attached hydrogen (secondary N) is 2. The van der Waals surface area contributed by atoms with Crippen LogP contribution in [0, 0.1) is 0 Å². The molecule has 6 heteroatoms. The molecule has 2 aromatic rings. The van der Waals surface area contributed by atoms with Crippen molar-refractivity contribution >= 4 is 22.5 Å². The van der Waals surface area contributed by atoms with Crippen LogP contribution in [0.2, 0.25) is 0 Å². The Morgan fingerprint density at radius 3 is 2.57 bits per heavy atom. The second-order valence-electron chi connectivity index (χ2n) is 5.56. The maximum absolute atomic E-state index is 11.6. The third-order valence-corrected chi connectivity index (χ3v) is 4.27. The molecule has 1 aliphatic rings. The van der Waals surface area contributed by atoms with E-state index >= 15 is 0 Å². The number of hydrogen-bond acceptors (Lipinski definition) is 4. The Bertz CT molecular complexity index is 631. The third kappa shape index (κ3) is 3.58. The van der Waals surface area contributed by atoms with Crippen molar-refractivity contribution in [3.8, 4) is 10.6 Å². The zero-order chi connectivity index (χ0) is 14.8. The smallest absolute Gasteiger partial charge is 0.321 e. The fraction of sp³-hybridized carbons (Fsp3) is 0.400. The van der Waals surface area contributed by atoms with E-state index < -0.39 is 0 Å². The molecule has 2 amide bonds. The average Bonchev–Trinajstić information content (AvgIpc) is 3.15. The molecule has 1 saturated carbocycles. The van der Waals surface area contributed by atoms with E-state index in [-0.39, 0.29) is 6.03 Å². The highest BCUT2D eigenvalue weighted by Crippen LogP contribution is 2.28. The van der Waals surface area contributed by atoms with Gasteiger partial charge in [-0.2, -0.15) is 0 Å². The predicted molar refractivity (Wildman–Crippen MR) is 84.6 cm³/mol. The van der Waals surface area contributed by atoms with E-state index in [9.17, 15) is 4.79 Å². The number of anilines is 1. The lowest BCUT2D eigenvalue weighted by molar-refractivity contribution is 0.251. The fourth-order valence-corrected chi connectivity index (χ4v) is 2.69. The predicted octanol–water partition coefficient (Wildman–Crippen LogP) is 3.61. The Morgan fingerprint density at radius 2 is 1.95 bits per heavy atom. The Hall–Kier alpha value is -1.95. The Balaban J connectivity index is 1.67.